The molecule has 0 spiro atoms. The Labute approximate surface area is 189 Å². The number of rotatable bonds is 11. The number of hydrogen-bond donors (Lipinski definition) is 3. The molecule has 0 saturated carbocycles. The van der Waals surface area contributed by atoms with Crippen molar-refractivity contribution in [1.29, 1.82) is 0 Å². The molecule has 1 rings (SSSR count). The fourth-order valence-electron chi connectivity index (χ4n) is 2.31. The lowest BCUT2D eigenvalue weighted by Gasteiger charge is -2.17. The van der Waals surface area contributed by atoms with Crippen LogP contribution in [0.15, 0.2) is 23.2 Å². The van der Waals surface area contributed by atoms with Crippen LogP contribution in [0, 0.1) is 0 Å². The molecule has 0 amide bonds. The zero-order valence-electron chi connectivity index (χ0n) is 16.2. The SMILES string of the molecule is CCNC(=NCC(O)c1cc(Cl)cc(Cl)c1)NCCCN(C)CCOC.I. The first-order chi connectivity index (χ1) is 12.5. The molecular weight excluding hydrogens is 502 g/mol. The minimum absolute atomic E-state index is 0. The lowest BCUT2D eigenvalue weighted by Crippen LogP contribution is -2.39. The zero-order chi connectivity index (χ0) is 19.4. The maximum atomic E-state index is 10.3. The van der Waals surface area contributed by atoms with Crippen molar-refractivity contribution < 1.29 is 9.84 Å². The number of likely N-dealkylation sites (N-methyl/N-ethyl adjacent to an activating group) is 1. The number of guanidine groups is 1. The zero-order valence-corrected chi connectivity index (χ0v) is 20.0. The predicted octanol–water partition coefficient (Wildman–Crippen LogP) is 3.17. The molecule has 3 N–H and O–H groups in total. The van der Waals surface area contributed by atoms with Crippen molar-refractivity contribution in [2.45, 2.75) is 19.4 Å². The molecule has 0 aliphatic rings. The largest absolute Gasteiger partial charge is 0.386 e. The van der Waals surface area contributed by atoms with Crippen molar-refractivity contribution in [1.82, 2.24) is 15.5 Å². The van der Waals surface area contributed by atoms with Crippen molar-refractivity contribution in [3.05, 3.63) is 33.8 Å². The number of aliphatic hydroxyl groups is 1. The topological polar surface area (TPSA) is 69.1 Å². The lowest BCUT2D eigenvalue weighted by molar-refractivity contribution is 0.161. The van der Waals surface area contributed by atoms with Gasteiger partial charge in [0.05, 0.1) is 19.3 Å². The van der Waals surface area contributed by atoms with Crippen LogP contribution in [0.1, 0.15) is 25.0 Å². The van der Waals surface area contributed by atoms with Gasteiger partial charge in [0.25, 0.3) is 0 Å². The third kappa shape index (κ3) is 12.0. The van der Waals surface area contributed by atoms with Crippen LogP contribution in [-0.4, -0.2) is 69.5 Å². The highest BCUT2D eigenvalue weighted by atomic mass is 127. The van der Waals surface area contributed by atoms with Crippen LogP contribution in [-0.2, 0) is 4.74 Å². The van der Waals surface area contributed by atoms with E-state index in [9.17, 15) is 5.11 Å². The number of nitrogens with zero attached hydrogens (tertiary/aromatic N) is 2. The minimum Gasteiger partial charge on any atom is -0.386 e. The van der Waals surface area contributed by atoms with Crippen LogP contribution in [0.3, 0.4) is 0 Å². The monoisotopic (exact) mass is 532 g/mol. The summed E-state index contributed by atoms with van der Waals surface area (Å²) < 4.78 is 5.07. The second-order valence-corrected chi connectivity index (χ2v) is 6.89. The summed E-state index contributed by atoms with van der Waals surface area (Å²) in [5, 5.41) is 17.8. The maximum absolute atomic E-state index is 10.3. The first kappa shape index (κ1) is 26.7. The molecule has 9 heteroatoms. The highest BCUT2D eigenvalue weighted by molar-refractivity contribution is 14.0. The fourth-order valence-corrected chi connectivity index (χ4v) is 2.85. The van der Waals surface area contributed by atoms with Crippen LogP contribution < -0.4 is 10.6 Å². The van der Waals surface area contributed by atoms with Crippen LogP contribution in [0.5, 0.6) is 0 Å². The molecule has 27 heavy (non-hydrogen) atoms. The van der Waals surface area contributed by atoms with Gasteiger partial charge in [-0.3, -0.25) is 4.99 Å². The summed E-state index contributed by atoms with van der Waals surface area (Å²) in [6, 6.07) is 5.03. The molecule has 0 fully saturated rings. The van der Waals surface area contributed by atoms with E-state index in [-0.39, 0.29) is 30.5 Å². The molecule has 1 aromatic carbocycles. The molecular formula is C18H31Cl2IN4O2. The van der Waals surface area contributed by atoms with E-state index in [0.717, 1.165) is 39.2 Å². The van der Waals surface area contributed by atoms with Crippen LogP contribution in [0.2, 0.25) is 10.0 Å². The number of hydrogen-bond acceptors (Lipinski definition) is 4. The van der Waals surface area contributed by atoms with Gasteiger partial charge in [0.1, 0.15) is 0 Å². The molecule has 0 heterocycles. The van der Waals surface area contributed by atoms with Gasteiger partial charge >= 0.3 is 0 Å². The fraction of sp³-hybridized carbons (Fsp3) is 0.611. The van der Waals surface area contributed by atoms with E-state index in [4.69, 9.17) is 27.9 Å². The Morgan fingerprint density at radius 2 is 1.89 bits per heavy atom. The van der Waals surface area contributed by atoms with Gasteiger partial charge in [0.15, 0.2) is 5.96 Å². The van der Waals surface area contributed by atoms with Gasteiger partial charge in [-0.2, -0.15) is 0 Å². The molecule has 0 aromatic heterocycles. The minimum atomic E-state index is -0.762. The smallest absolute Gasteiger partial charge is 0.191 e. The summed E-state index contributed by atoms with van der Waals surface area (Å²) in [6.07, 6.45) is 0.221. The number of halogens is 3. The third-order valence-corrected chi connectivity index (χ3v) is 4.16. The highest BCUT2D eigenvalue weighted by Gasteiger charge is 2.09. The van der Waals surface area contributed by atoms with Crippen molar-refractivity contribution in [3.8, 4) is 0 Å². The average molecular weight is 533 g/mol. The average Bonchev–Trinajstić information content (AvgIpc) is 2.60. The number of ether oxygens (including phenoxy) is 1. The Balaban J connectivity index is 0.00000676. The van der Waals surface area contributed by atoms with Crippen LogP contribution in [0.4, 0.5) is 0 Å². The van der Waals surface area contributed by atoms with Crippen molar-refractivity contribution in [2.75, 3.05) is 53.5 Å². The summed E-state index contributed by atoms with van der Waals surface area (Å²) in [5.41, 5.74) is 0.655. The third-order valence-electron chi connectivity index (χ3n) is 3.72. The number of aliphatic imine (C=N–C) groups is 1. The molecule has 0 radical (unpaired) electrons. The van der Waals surface area contributed by atoms with E-state index in [1.807, 2.05) is 6.92 Å². The number of nitrogens with one attached hydrogen (secondary N) is 2. The van der Waals surface area contributed by atoms with Crippen molar-refractivity contribution in [2.24, 2.45) is 4.99 Å². The van der Waals surface area contributed by atoms with E-state index < -0.39 is 6.10 Å². The summed E-state index contributed by atoms with van der Waals surface area (Å²) in [4.78, 5) is 6.66. The first-order valence-electron chi connectivity index (χ1n) is 8.80. The molecule has 1 atom stereocenters. The Morgan fingerprint density at radius 1 is 1.22 bits per heavy atom. The number of benzene rings is 1. The second-order valence-electron chi connectivity index (χ2n) is 6.01. The van der Waals surface area contributed by atoms with E-state index in [0.29, 0.717) is 21.6 Å². The van der Waals surface area contributed by atoms with Crippen LogP contribution in [0.25, 0.3) is 0 Å². The normalized spacial score (nSPS) is 12.6. The van der Waals surface area contributed by atoms with Gasteiger partial charge in [-0.1, -0.05) is 23.2 Å². The molecule has 0 aliphatic carbocycles. The van der Waals surface area contributed by atoms with Gasteiger partial charge in [-0.25, -0.2) is 0 Å². The standard InChI is InChI=1S/C18H30Cl2N4O2.HI/c1-4-21-18(22-6-5-7-24(2)8-9-26-3)23-13-17(25)14-10-15(19)12-16(20)11-14;/h10-12,17,25H,4-9,13H2,1-3H3,(H2,21,22,23);1H. The maximum Gasteiger partial charge on any atom is 0.191 e. The molecule has 0 saturated heterocycles. The Kier molecular flexibility index (Phi) is 15.4. The van der Waals surface area contributed by atoms with Gasteiger partial charge in [0.2, 0.25) is 0 Å². The molecule has 0 bridgehead atoms. The van der Waals surface area contributed by atoms with E-state index in [1.165, 1.54) is 0 Å². The van der Waals surface area contributed by atoms with Gasteiger partial charge < -0.3 is 25.4 Å². The number of aliphatic hydroxyl groups excluding tert-OH is 1. The summed E-state index contributed by atoms with van der Waals surface area (Å²) >= 11 is 12.0. The Hall–Kier alpha value is -0.320. The summed E-state index contributed by atoms with van der Waals surface area (Å²) in [7, 11) is 3.78. The predicted molar refractivity (Wildman–Crippen MR) is 125 cm³/mol. The van der Waals surface area contributed by atoms with Gasteiger partial charge in [0, 0.05) is 36.8 Å². The lowest BCUT2D eigenvalue weighted by atomic mass is 10.1. The molecule has 1 aromatic rings. The molecule has 0 aliphatic heterocycles. The van der Waals surface area contributed by atoms with E-state index in [1.54, 1.807) is 25.3 Å². The van der Waals surface area contributed by atoms with E-state index >= 15 is 0 Å². The van der Waals surface area contributed by atoms with Crippen molar-refractivity contribution in [3.63, 3.8) is 0 Å². The number of methoxy groups -OCH3 is 1. The molecule has 156 valence electrons. The Morgan fingerprint density at radius 3 is 2.48 bits per heavy atom. The summed E-state index contributed by atoms with van der Waals surface area (Å²) in [5.74, 6) is 0.680. The highest BCUT2D eigenvalue weighted by Crippen LogP contribution is 2.23. The molecule has 6 nitrogen and oxygen atoms in total. The summed E-state index contributed by atoms with van der Waals surface area (Å²) in [6.45, 7) is 6.39. The second kappa shape index (κ2) is 15.6. The van der Waals surface area contributed by atoms with E-state index in [2.05, 4.69) is 27.6 Å². The quantitative estimate of drug-likeness (QED) is 0.177. The Bertz CT molecular complexity index is 544. The first-order valence-corrected chi connectivity index (χ1v) is 9.55. The van der Waals surface area contributed by atoms with Crippen LogP contribution >= 0.6 is 47.2 Å². The molecule has 1 unspecified atom stereocenters. The van der Waals surface area contributed by atoms with Gasteiger partial charge in [-0.15, -0.1) is 24.0 Å². The van der Waals surface area contributed by atoms with Crippen molar-refractivity contribution >= 4 is 53.1 Å². The van der Waals surface area contributed by atoms with Gasteiger partial charge in [-0.05, 0) is 50.7 Å².